The Kier molecular flexibility index (Phi) is 6.98. The summed E-state index contributed by atoms with van der Waals surface area (Å²) < 4.78 is 32.2. The van der Waals surface area contributed by atoms with E-state index in [1.165, 1.54) is 30.3 Å². The van der Waals surface area contributed by atoms with Gasteiger partial charge in [-0.3, -0.25) is 15.5 Å². The van der Waals surface area contributed by atoms with Crippen molar-refractivity contribution in [3.05, 3.63) is 75.0 Å². The molecule has 0 unspecified atom stereocenters. The number of ketones is 1. The standard InChI is InChI=1S/C19H15BrF2N4O4/c20-14-7-12(3-4-15(14)21)23-19(24-29)18-17(25-30-26-18)8-13(28)6-11-2-1-10(9-27)5-16(11)22/h1-5,7,27,29H,6,8-9H2,(H,23,24). The molecule has 0 fully saturated rings. The van der Waals surface area contributed by atoms with Crippen LogP contribution in [-0.4, -0.2) is 32.2 Å². The number of amidine groups is 1. The van der Waals surface area contributed by atoms with Gasteiger partial charge in [-0.2, -0.15) is 0 Å². The molecule has 0 atom stereocenters. The maximum absolute atomic E-state index is 14.0. The van der Waals surface area contributed by atoms with Gasteiger partial charge in [0.05, 0.1) is 23.2 Å². The molecule has 0 aliphatic heterocycles. The van der Waals surface area contributed by atoms with Gasteiger partial charge in [-0.1, -0.05) is 17.3 Å². The predicted molar refractivity (Wildman–Crippen MR) is 104 cm³/mol. The summed E-state index contributed by atoms with van der Waals surface area (Å²) >= 11 is 3.04. The molecule has 3 aromatic rings. The molecule has 0 aliphatic rings. The number of nitrogens with zero attached hydrogens (tertiary/aromatic N) is 3. The number of benzene rings is 2. The summed E-state index contributed by atoms with van der Waals surface area (Å²) in [7, 11) is 0. The molecule has 0 radical (unpaired) electrons. The molecule has 11 heteroatoms. The molecule has 0 saturated heterocycles. The SMILES string of the molecule is O=C(Cc1ccc(CO)cc1F)Cc1nonc1C(=Nc1ccc(F)c(Br)c1)NO. The molecule has 0 aliphatic carbocycles. The van der Waals surface area contributed by atoms with Crippen molar-refractivity contribution in [2.24, 2.45) is 4.99 Å². The van der Waals surface area contributed by atoms with Crippen molar-refractivity contribution < 1.29 is 28.5 Å². The molecule has 0 amide bonds. The molecule has 1 aromatic heterocycles. The fourth-order valence-corrected chi connectivity index (χ4v) is 2.98. The third-order valence-corrected chi connectivity index (χ3v) is 4.69. The number of aliphatic hydroxyl groups excluding tert-OH is 1. The summed E-state index contributed by atoms with van der Waals surface area (Å²) in [5.74, 6) is -1.64. The van der Waals surface area contributed by atoms with Gasteiger partial charge in [-0.05, 0) is 56.5 Å². The monoisotopic (exact) mass is 480 g/mol. The predicted octanol–water partition coefficient (Wildman–Crippen LogP) is 3.01. The van der Waals surface area contributed by atoms with Crippen LogP contribution in [0.25, 0.3) is 0 Å². The molecule has 0 spiro atoms. The van der Waals surface area contributed by atoms with Crippen molar-refractivity contribution in [3.8, 4) is 0 Å². The Morgan fingerprint density at radius 1 is 1.13 bits per heavy atom. The fourth-order valence-electron chi connectivity index (χ4n) is 2.61. The number of aromatic nitrogens is 2. The Morgan fingerprint density at radius 2 is 1.93 bits per heavy atom. The van der Waals surface area contributed by atoms with Crippen molar-refractivity contribution in [1.82, 2.24) is 15.8 Å². The summed E-state index contributed by atoms with van der Waals surface area (Å²) in [6, 6.07) is 8.04. The van der Waals surface area contributed by atoms with Crippen LogP contribution in [0.2, 0.25) is 0 Å². The molecule has 3 rings (SSSR count). The molecule has 0 bridgehead atoms. The molecule has 30 heavy (non-hydrogen) atoms. The average Bonchev–Trinajstić information content (AvgIpc) is 3.18. The Bertz CT molecular complexity index is 1100. The molecular weight excluding hydrogens is 466 g/mol. The second kappa shape index (κ2) is 9.65. The van der Waals surface area contributed by atoms with E-state index < -0.39 is 11.6 Å². The van der Waals surface area contributed by atoms with Crippen molar-refractivity contribution in [3.63, 3.8) is 0 Å². The summed E-state index contributed by atoms with van der Waals surface area (Å²) in [6.45, 7) is -0.306. The third kappa shape index (κ3) is 5.12. The first-order valence-electron chi connectivity index (χ1n) is 8.56. The minimum Gasteiger partial charge on any atom is -0.392 e. The maximum Gasteiger partial charge on any atom is 0.182 e. The van der Waals surface area contributed by atoms with Gasteiger partial charge in [-0.25, -0.2) is 18.4 Å². The fraction of sp³-hybridized carbons (Fsp3) is 0.158. The Morgan fingerprint density at radius 3 is 2.60 bits per heavy atom. The van der Waals surface area contributed by atoms with Crippen LogP contribution in [0, 0.1) is 11.6 Å². The van der Waals surface area contributed by atoms with Crippen molar-refractivity contribution >= 4 is 33.2 Å². The van der Waals surface area contributed by atoms with Crippen LogP contribution in [-0.2, 0) is 24.2 Å². The van der Waals surface area contributed by atoms with Crippen molar-refractivity contribution in [2.45, 2.75) is 19.4 Å². The number of Topliss-reactive ketones (excluding diaryl/α,β-unsaturated/α-hetero) is 1. The zero-order valence-electron chi connectivity index (χ0n) is 15.3. The number of aliphatic imine (C=N–C) groups is 1. The maximum atomic E-state index is 14.0. The Labute approximate surface area is 177 Å². The summed E-state index contributed by atoms with van der Waals surface area (Å²) in [4.78, 5) is 16.5. The number of nitrogens with one attached hydrogen (secondary N) is 1. The highest BCUT2D eigenvalue weighted by atomic mass is 79.9. The highest BCUT2D eigenvalue weighted by Gasteiger charge is 2.20. The molecule has 1 heterocycles. The number of aliphatic hydroxyl groups is 1. The van der Waals surface area contributed by atoms with Crippen molar-refractivity contribution in [1.29, 1.82) is 0 Å². The third-order valence-electron chi connectivity index (χ3n) is 4.08. The number of halogens is 3. The molecule has 8 nitrogen and oxygen atoms in total. The lowest BCUT2D eigenvalue weighted by Crippen LogP contribution is -2.23. The van der Waals surface area contributed by atoms with E-state index in [9.17, 15) is 18.8 Å². The quantitative estimate of drug-likeness (QED) is 0.270. The van der Waals surface area contributed by atoms with Gasteiger partial charge in [0.1, 0.15) is 23.1 Å². The summed E-state index contributed by atoms with van der Waals surface area (Å²) in [5.41, 5.74) is 2.76. The molecule has 0 saturated carbocycles. The normalized spacial score (nSPS) is 11.6. The van der Waals surface area contributed by atoms with E-state index in [-0.39, 0.29) is 58.2 Å². The van der Waals surface area contributed by atoms with Gasteiger partial charge in [-0.15, -0.1) is 0 Å². The van der Waals surface area contributed by atoms with Crippen LogP contribution in [0.3, 0.4) is 0 Å². The van der Waals surface area contributed by atoms with Crippen LogP contribution in [0.5, 0.6) is 0 Å². The van der Waals surface area contributed by atoms with Crippen LogP contribution in [0.4, 0.5) is 14.5 Å². The highest BCUT2D eigenvalue weighted by Crippen LogP contribution is 2.23. The number of rotatable bonds is 7. The second-order valence-corrected chi connectivity index (χ2v) is 7.06. The topological polar surface area (TPSA) is 121 Å². The summed E-state index contributed by atoms with van der Waals surface area (Å²) in [5, 5.41) is 25.8. The van der Waals surface area contributed by atoms with Gasteiger partial charge in [0.25, 0.3) is 0 Å². The van der Waals surface area contributed by atoms with Crippen LogP contribution < -0.4 is 5.48 Å². The number of hydrogen-bond donors (Lipinski definition) is 3. The first kappa shape index (κ1) is 21.7. The van der Waals surface area contributed by atoms with Gasteiger partial charge in [0.2, 0.25) is 0 Å². The number of carbonyl (C=O) groups excluding carboxylic acids is 1. The number of hydrogen-bond acceptors (Lipinski definition) is 7. The minimum atomic E-state index is -0.602. The Hall–Kier alpha value is -3.02. The first-order chi connectivity index (χ1) is 14.4. The van der Waals surface area contributed by atoms with Crippen LogP contribution in [0.15, 0.2) is 50.5 Å². The average molecular weight is 481 g/mol. The lowest BCUT2D eigenvalue weighted by Gasteiger charge is -2.05. The van der Waals surface area contributed by atoms with E-state index in [0.29, 0.717) is 5.56 Å². The van der Waals surface area contributed by atoms with E-state index >= 15 is 0 Å². The highest BCUT2D eigenvalue weighted by molar-refractivity contribution is 9.10. The smallest absolute Gasteiger partial charge is 0.182 e. The van der Waals surface area contributed by atoms with Crippen LogP contribution in [0.1, 0.15) is 22.5 Å². The molecule has 2 aromatic carbocycles. The molecule has 3 N–H and O–H groups in total. The van der Waals surface area contributed by atoms with Gasteiger partial charge >= 0.3 is 0 Å². The van der Waals surface area contributed by atoms with E-state index in [4.69, 9.17) is 5.11 Å². The minimum absolute atomic E-state index is 0.0256. The van der Waals surface area contributed by atoms with Gasteiger partial charge in [0.15, 0.2) is 11.5 Å². The number of carbonyl (C=O) groups is 1. The van der Waals surface area contributed by atoms with E-state index in [1.807, 2.05) is 5.48 Å². The van der Waals surface area contributed by atoms with Gasteiger partial charge < -0.3 is 5.11 Å². The number of hydroxylamine groups is 1. The van der Waals surface area contributed by atoms with E-state index in [0.717, 1.165) is 6.07 Å². The zero-order chi connectivity index (χ0) is 21.7. The zero-order valence-corrected chi connectivity index (χ0v) is 16.9. The van der Waals surface area contributed by atoms with E-state index in [2.05, 4.69) is 35.9 Å². The van der Waals surface area contributed by atoms with Crippen LogP contribution >= 0.6 is 15.9 Å². The summed E-state index contributed by atoms with van der Waals surface area (Å²) in [6.07, 6.45) is -0.471. The van der Waals surface area contributed by atoms with E-state index in [1.54, 1.807) is 0 Å². The second-order valence-electron chi connectivity index (χ2n) is 6.21. The first-order valence-corrected chi connectivity index (χ1v) is 9.36. The Balaban J connectivity index is 1.79. The molecular formula is C19H15BrF2N4O4. The lowest BCUT2D eigenvalue weighted by atomic mass is 10.0. The molecule has 156 valence electrons. The lowest BCUT2D eigenvalue weighted by molar-refractivity contribution is -0.117. The largest absolute Gasteiger partial charge is 0.392 e. The van der Waals surface area contributed by atoms with Gasteiger partial charge in [0, 0.05) is 6.42 Å². The van der Waals surface area contributed by atoms with Crippen molar-refractivity contribution in [2.75, 3.05) is 0 Å².